The number of likely N-dealkylation sites (N-methyl/N-ethyl adjacent to an activating group) is 1. The molecule has 0 amide bonds. The highest BCUT2D eigenvalue weighted by atomic mass is 15.3. The number of hydrogen-bond donors (Lipinski definition) is 0. The average Bonchev–Trinajstić information content (AvgIpc) is 2.69. The van der Waals surface area contributed by atoms with Crippen LogP contribution in [0, 0.1) is 0 Å². The molecule has 0 bridgehead atoms. The summed E-state index contributed by atoms with van der Waals surface area (Å²) in [6.07, 6.45) is 0.453. The number of anilines is 1. The van der Waals surface area contributed by atoms with E-state index in [1.807, 2.05) is 0 Å². The Labute approximate surface area is 143 Å². The van der Waals surface area contributed by atoms with E-state index in [0.717, 1.165) is 0 Å². The maximum atomic E-state index is 2.70. The summed E-state index contributed by atoms with van der Waals surface area (Å²) in [5.41, 5.74) is 5.43. The summed E-state index contributed by atoms with van der Waals surface area (Å²) in [7, 11) is 2.31. The number of fused-ring (bicyclic) bond motifs is 3. The largest absolute Gasteiger partial charge is 0.401 e. The third-order valence-corrected chi connectivity index (χ3v) is 6.73. The lowest BCUT2D eigenvalue weighted by molar-refractivity contribution is 0.274. The van der Waals surface area contributed by atoms with Gasteiger partial charge in [-0.25, -0.2) is 0 Å². The van der Waals surface area contributed by atoms with Crippen LogP contribution < -0.4 is 4.81 Å². The van der Waals surface area contributed by atoms with E-state index < -0.39 is 0 Å². The van der Waals surface area contributed by atoms with Crippen LogP contribution in [-0.4, -0.2) is 31.7 Å². The monoisotopic (exact) mass is 310 g/mol. The van der Waals surface area contributed by atoms with Crippen molar-refractivity contribution in [2.45, 2.75) is 77.9 Å². The summed E-state index contributed by atoms with van der Waals surface area (Å²) in [6, 6.07) is 7.20. The molecule has 23 heavy (non-hydrogen) atoms. The fraction of sp³-hybridized carbons (Fsp3) is 0.684. The van der Waals surface area contributed by atoms with Crippen LogP contribution in [0.3, 0.4) is 0 Å². The zero-order valence-electron chi connectivity index (χ0n) is 16.4. The van der Waals surface area contributed by atoms with Crippen LogP contribution in [0.5, 0.6) is 0 Å². The minimum atomic E-state index is 0.156. The molecular formula is C19H32B2N2. The number of rotatable bonds is 0. The molecule has 4 heteroatoms. The Bertz CT molecular complexity index is 620. The van der Waals surface area contributed by atoms with Gasteiger partial charge in [0.25, 0.3) is 0 Å². The Hall–Kier alpha value is -0.890. The standard InChI is InChI=1S/C19H32B2N2/c1-13-20(7)22(9)17-19(5,6)15-11-10-14(18(2,3)4)12-16(15)23(17)21(13)8/h10-13,17H,1-9H3. The minimum absolute atomic E-state index is 0.156. The number of benzene rings is 1. The molecule has 2 aliphatic heterocycles. The summed E-state index contributed by atoms with van der Waals surface area (Å²) < 4.78 is 0. The SMILES string of the molecule is CB1C(C)B(C)N2c3cc(C(C)(C)C)ccc3C(C)(C)C2N1C. The lowest BCUT2D eigenvalue weighted by Crippen LogP contribution is -2.67. The van der Waals surface area contributed by atoms with Gasteiger partial charge in [-0.3, -0.25) is 0 Å². The molecule has 0 N–H and O–H groups in total. The first kappa shape index (κ1) is 16.9. The van der Waals surface area contributed by atoms with E-state index in [-0.39, 0.29) is 10.8 Å². The van der Waals surface area contributed by atoms with Gasteiger partial charge in [0.1, 0.15) is 0 Å². The Balaban J connectivity index is 2.18. The van der Waals surface area contributed by atoms with E-state index in [1.165, 1.54) is 16.8 Å². The summed E-state index contributed by atoms with van der Waals surface area (Å²) in [4.78, 5) is 5.30. The van der Waals surface area contributed by atoms with Gasteiger partial charge in [-0.15, -0.1) is 0 Å². The Morgan fingerprint density at radius 1 is 1.09 bits per heavy atom. The molecule has 2 aliphatic rings. The first-order valence-electron chi connectivity index (χ1n) is 9.13. The molecule has 1 saturated heterocycles. The summed E-state index contributed by atoms with van der Waals surface area (Å²) in [6.45, 7) is 20.1. The van der Waals surface area contributed by atoms with Crippen LogP contribution in [0.2, 0.25) is 19.4 Å². The van der Waals surface area contributed by atoms with E-state index in [4.69, 9.17) is 0 Å². The Kier molecular flexibility index (Phi) is 3.72. The van der Waals surface area contributed by atoms with Crippen LogP contribution >= 0.6 is 0 Å². The van der Waals surface area contributed by atoms with Gasteiger partial charge in [0.2, 0.25) is 13.7 Å². The molecule has 0 aliphatic carbocycles. The molecule has 124 valence electrons. The fourth-order valence-corrected chi connectivity index (χ4v) is 4.77. The first-order valence-corrected chi connectivity index (χ1v) is 9.13. The molecule has 2 atom stereocenters. The van der Waals surface area contributed by atoms with E-state index in [1.54, 1.807) is 0 Å². The lowest BCUT2D eigenvalue weighted by Gasteiger charge is -2.52. The molecule has 0 spiro atoms. The molecule has 0 aromatic heterocycles. The molecule has 0 saturated carbocycles. The van der Waals surface area contributed by atoms with Gasteiger partial charge < -0.3 is 9.62 Å². The van der Waals surface area contributed by atoms with Crippen LogP contribution in [0.4, 0.5) is 5.69 Å². The van der Waals surface area contributed by atoms with Gasteiger partial charge in [0.15, 0.2) is 0 Å². The van der Waals surface area contributed by atoms with Crippen LogP contribution in [0.15, 0.2) is 18.2 Å². The van der Waals surface area contributed by atoms with Gasteiger partial charge in [0.05, 0.1) is 6.17 Å². The molecule has 2 nitrogen and oxygen atoms in total. The molecule has 3 rings (SSSR count). The van der Waals surface area contributed by atoms with Crippen molar-refractivity contribution < 1.29 is 0 Å². The van der Waals surface area contributed by atoms with E-state index >= 15 is 0 Å². The molecule has 2 heterocycles. The average molecular weight is 310 g/mol. The molecule has 1 aromatic rings. The smallest absolute Gasteiger partial charge is 0.250 e. The topological polar surface area (TPSA) is 6.48 Å². The van der Waals surface area contributed by atoms with Crippen molar-refractivity contribution in [3.63, 3.8) is 0 Å². The normalized spacial score (nSPS) is 27.3. The van der Waals surface area contributed by atoms with E-state index in [9.17, 15) is 0 Å². The summed E-state index contributed by atoms with van der Waals surface area (Å²) in [5.74, 6) is 0. The van der Waals surface area contributed by atoms with Gasteiger partial charge in [0, 0.05) is 11.1 Å². The predicted octanol–water partition coefficient (Wildman–Crippen LogP) is 4.53. The van der Waals surface area contributed by atoms with Crippen molar-refractivity contribution >= 4 is 19.4 Å². The highest BCUT2D eigenvalue weighted by molar-refractivity contribution is 6.81. The zero-order valence-corrected chi connectivity index (χ0v) is 16.4. The predicted molar refractivity (Wildman–Crippen MR) is 105 cm³/mol. The van der Waals surface area contributed by atoms with Gasteiger partial charge in [-0.2, -0.15) is 0 Å². The molecule has 2 unspecified atom stereocenters. The second-order valence-electron chi connectivity index (χ2n) is 9.49. The van der Waals surface area contributed by atoms with Gasteiger partial charge in [-0.05, 0) is 29.7 Å². The van der Waals surface area contributed by atoms with E-state index in [2.05, 4.69) is 90.1 Å². The number of hydrogen-bond acceptors (Lipinski definition) is 2. The van der Waals surface area contributed by atoms with Crippen LogP contribution in [-0.2, 0) is 10.8 Å². The summed E-state index contributed by atoms with van der Waals surface area (Å²) >= 11 is 0. The van der Waals surface area contributed by atoms with Crippen molar-refractivity contribution in [1.29, 1.82) is 0 Å². The number of nitrogens with zero attached hydrogens (tertiary/aromatic N) is 2. The molecular weight excluding hydrogens is 278 g/mol. The maximum Gasteiger partial charge on any atom is 0.250 e. The highest BCUT2D eigenvalue weighted by Gasteiger charge is 2.55. The quantitative estimate of drug-likeness (QED) is 0.650. The van der Waals surface area contributed by atoms with Crippen molar-refractivity contribution in [2.75, 3.05) is 11.9 Å². The third-order valence-electron chi connectivity index (χ3n) is 6.73. The maximum absolute atomic E-state index is 2.70. The van der Waals surface area contributed by atoms with Crippen molar-refractivity contribution in [1.82, 2.24) is 4.81 Å². The highest BCUT2D eigenvalue weighted by Crippen LogP contribution is 2.51. The zero-order chi connectivity index (χ0) is 17.3. The fourth-order valence-electron chi connectivity index (χ4n) is 4.77. The van der Waals surface area contributed by atoms with Crippen LogP contribution in [0.25, 0.3) is 0 Å². The molecule has 0 radical (unpaired) electrons. The lowest BCUT2D eigenvalue weighted by atomic mass is 9.30. The van der Waals surface area contributed by atoms with Crippen molar-refractivity contribution in [3.8, 4) is 0 Å². The third kappa shape index (κ3) is 2.28. The second-order valence-corrected chi connectivity index (χ2v) is 9.49. The van der Waals surface area contributed by atoms with E-state index in [0.29, 0.717) is 25.6 Å². The Morgan fingerprint density at radius 3 is 2.26 bits per heavy atom. The van der Waals surface area contributed by atoms with Gasteiger partial charge >= 0.3 is 0 Å². The second kappa shape index (κ2) is 5.05. The van der Waals surface area contributed by atoms with Gasteiger partial charge in [-0.1, -0.05) is 73.0 Å². The van der Waals surface area contributed by atoms with Crippen LogP contribution in [0.1, 0.15) is 52.7 Å². The van der Waals surface area contributed by atoms with Crippen molar-refractivity contribution in [2.24, 2.45) is 0 Å². The summed E-state index contributed by atoms with van der Waals surface area (Å²) in [5, 5.41) is 0. The minimum Gasteiger partial charge on any atom is -0.401 e. The first-order chi connectivity index (χ1) is 10.5. The molecule has 1 aromatic carbocycles. The van der Waals surface area contributed by atoms with Crippen molar-refractivity contribution in [3.05, 3.63) is 29.3 Å². The molecule has 1 fully saturated rings. The Morgan fingerprint density at radius 2 is 1.70 bits per heavy atom.